The molecule has 0 atom stereocenters. The number of carbonyl (C=O) groups is 1. The highest BCUT2D eigenvalue weighted by Gasteiger charge is 2.09. The maximum absolute atomic E-state index is 12.0. The first kappa shape index (κ1) is 15.2. The van der Waals surface area contributed by atoms with Gasteiger partial charge in [-0.15, -0.1) is 0 Å². The van der Waals surface area contributed by atoms with Crippen molar-refractivity contribution in [1.82, 2.24) is 4.57 Å². The van der Waals surface area contributed by atoms with Crippen LogP contribution < -0.4 is 16.6 Å². The molecule has 0 aliphatic rings. The lowest BCUT2D eigenvalue weighted by Gasteiger charge is -2.08. The number of halogens is 1. The first-order valence-corrected chi connectivity index (χ1v) is 6.80. The molecule has 1 amide bonds. The van der Waals surface area contributed by atoms with Gasteiger partial charge in [0.2, 0.25) is 5.91 Å². The van der Waals surface area contributed by atoms with Crippen LogP contribution in [0.4, 0.5) is 5.69 Å². The van der Waals surface area contributed by atoms with Gasteiger partial charge >= 0.3 is 0 Å². The van der Waals surface area contributed by atoms with Crippen molar-refractivity contribution >= 4 is 40.4 Å². The molecule has 1 aromatic heterocycles. The minimum absolute atomic E-state index is 0.00426. The van der Waals surface area contributed by atoms with E-state index in [9.17, 15) is 9.59 Å². The Balaban J connectivity index is 2.15. The van der Waals surface area contributed by atoms with Gasteiger partial charge in [-0.1, -0.05) is 29.9 Å². The van der Waals surface area contributed by atoms with Crippen LogP contribution in [-0.2, 0) is 11.3 Å². The summed E-state index contributed by atoms with van der Waals surface area (Å²) in [7, 11) is 0. The lowest BCUT2D eigenvalue weighted by molar-refractivity contribution is -0.116. The number of thiocarbonyl (C=S) groups is 1. The van der Waals surface area contributed by atoms with Gasteiger partial charge in [-0.2, -0.15) is 0 Å². The summed E-state index contributed by atoms with van der Waals surface area (Å²) in [6.45, 7) is -0.137. The van der Waals surface area contributed by atoms with E-state index in [1.54, 1.807) is 30.3 Å². The van der Waals surface area contributed by atoms with Gasteiger partial charge in [-0.25, -0.2) is 0 Å². The Bertz CT molecular complexity index is 758. The number of rotatable bonds is 4. The van der Waals surface area contributed by atoms with Crippen molar-refractivity contribution in [3.8, 4) is 0 Å². The summed E-state index contributed by atoms with van der Waals surface area (Å²) < 4.78 is 1.24. The molecule has 0 aliphatic carbocycles. The Morgan fingerprint density at radius 3 is 2.76 bits per heavy atom. The van der Waals surface area contributed by atoms with Crippen molar-refractivity contribution in [2.75, 3.05) is 5.32 Å². The average Bonchev–Trinajstić information content (AvgIpc) is 2.40. The van der Waals surface area contributed by atoms with Crippen LogP contribution in [-0.4, -0.2) is 15.5 Å². The standard InChI is InChI=1S/C14H12ClN3O2S/c15-9-3-1-4-10(7-9)17-12(19)8-18-6-2-5-11(13(16)21)14(18)20/h1-7H,8H2,(H2,16,21)(H,17,19). The summed E-state index contributed by atoms with van der Waals surface area (Å²) in [6, 6.07) is 9.88. The molecule has 108 valence electrons. The molecule has 0 bridgehead atoms. The molecule has 21 heavy (non-hydrogen) atoms. The fourth-order valence-electron chi connectivity index (χ4n) is 1.77. The van der Waals surface area contributed by atoms with Crippen molar-refractivity contribution < 1.29 is 4.79 Å². The molecule has 3 N–H and O–H groups in total. The van der Waals surface area contributed by atoms with Crippen molar-refractivity contribution in [1.29, 1.82) is 0 Å². The van der Waals surface area contributed by atoms with E-state index in [1.807, 2.05) is 0 Å². The highest BCUT2D eigenvalue weighted by Crippen LogP contribution is 2.14. The number of benzene rings is 1. The highest BCUT2D eigenvalue weighted by atomic mass is 35.5. The van der Waals surface area contributed by atoms with E-state index in [0.717, 1.165) is 0 Å². The van der Waals surface area contributed by atoms with Gasteiger partial charge in [-0.3, -0.25) is 9.59 Å². The Morgan fingerprint density at radius 2 is 2.10 bits per heavy atom. The predicted molar refractivity (Wildman–Crippen MR) is 86.7 cm³/mol. The zero-order valence-corrected chi connectivity index (χ0v) is 12.4. The van der Waals surface area contributed by atoms with Crippen LogP contribution in [0.2, 0.25) is 5.02 Å². The van der Waals surface area contributed by atoms with Crippen molar-refractivity contribution in [3.63, 3.8) is 0 Å². The van der Waals surface area contributed by atoms with E-state index in [4.69, 9.17) is 29.6 Å². The summed E-state index contributed by atoms with van der Waals surface area (Å²) in [6.07, 6.45) is 1.50. The Labute approximate surface area is 131 Å². The number of carbonyl (C=O) groups excluding carboxylic acids is 1. The van der Waals surface area contributed by atoms with Gasteiger partial charge in [0.15, 0.2) is 0 Å². The number of hydrogen-bond acceptors (Lipinski definition) is 3. The third-order valence-electron chi connectivity index (χ3n) is 2.71. The van der Waals surface area contributed by atoms with Crippen LogP contribution in [0.5, 0.6) is 0 Å². The predicted octanol–water partition coefficient (Wildman–Crippen LogP) is 1.77. The molecule has 0 spiro atoms. The van der Waals surface area contributed by atoms with Crippen LogP contribution in [0, 0.1) is 0 Å². The fourth-order valence-corrected chi connectivity index (χ4v) is 2.12. The lowest BCUT2D eigenvalue weighted by atomic mass is 10.2. The average molecular weight is 322 g/mol. The van der Waals surface area contributed by atoms with Crippen molar-refractivity contribution in [2.45, 2.75) is 6.54 Å². The number of nitrogens with zero attached hydrogens (tertiary/aromatic N) is 1. The second kappa shape index (κ2) is 6.51. The minimum atomic E-state index is -0.397. The number of anilines is 1. The molecule has 0 aliphatic heterocycles. The summed E-state index contributed by atoms with van der Waals surface area (Å²) in [4.78, 5) is 24.0. The van der Waals surface area contributed by atoms with Crippen LogP contribution in [0.1, 0.15) is 5.56 Å². The van der Waals surface area contributed by atoms with Crippen LogP contribution in [0.25, 0.3) is 0 Å². The zero-order chi connectivity index (χ0) is 15.4. The van der Waals surface area contributed by atoms with E-state index in [0.29, 0.717) is 10.7 Å². The van der Waals surface area contributed by atoms with E-state index in [2.05, 4.69) is 5.32 Å². The van der Waals surface area contributed by atoms with Crippen molar-refractivity contribution in [2.24, 2.45) is 5.73 Å². The van der Waals surface area contributed by atoms with Crippen LogP contribution in [0.15, 0.2) is 47.4 Å². The van der Waals surface area contributed by atoms with E-state index >= 15 is 0 Å². The molecule has 0 unspecified atom stereocenters. The van der Waals surface area contributed by atoms with E-state index in [1.165, 1.54) is 16.8 Å². The SMILES string of the molecule is NC(=S)c1cccn(CC(=O)Nc2cccc(Cl)c2)c1=O. The topological polar surface area (TPSA) is 77.1 Å². The molecule has 2 aromatic rings. The maximum Gasteiger partial charge on any atom is 0.261 e. The first-order valence-electron chi connectivity index (χ1n) is 6.02. The third kappa shape index (κ3) is 3.90. The largest absolute Gasteiger partial charge is 0.389 e. The third-order valence-corrected chi connectivity index (χ3v) is 3.16. The fraction of sp³-hybridized carbons (Fsp3) is 0.0714. The second-order valence-corrected chi connectivity index (χ2v) is 5.15. The number of nitrogens with two attached hydrogens (primary N) is 1. The lowest BCUT2D eigenvalue weighted by Crippen LogP contribution is -2.32. The first-order chi connectivity index (χ1) is 9.97. The molecule has 1 aromatic carbocycles. The van der Waals surface area contributed by atoms with E-state index in [-0.39, 0.29) is 23.0 Å². The van der Waals surface area contributed by atoms with Crippen LogP contribution in [0.3, 0.4) is 0 Å². The molecule has 0 saturated heterocycles. The summed E-state index contributed by atoms with van der Waals surface area (Å²) in [5.74, 6) is -0.348. The monoisotopic (exact) mass is 321 g/mol. The molecule has 2 rings (SSSR count). The maximum atomic E-state index is 12.0. The Hall–Kier alpha value is -2.18. The number of hydrogen-bond donors (Lipinski definition) is 2. The summed E-state index contributed by atoms with van der Waals surface area (Å²) >= 11 is 10.6. The van der Waals surface area contributed by atoms with Gasteiger partial charge < -0.3 is 15.6 Å². The number of amides is 1. The smallest absolute Gasteiger partial charge is 0.261 e. The molecule has 0 radical (unpaired) electrons. The second-order valence-electron chi connectivity index (χ2n) is 4.28. The molecule has 1 heterocycles. The summed E-state index contributed by atoms with van der Waals surface area (Å²) in [5.41, 5.74) is 5.83. The molecule has 5 nitrogen and oxygen atoms in total. The zero-order valence-electron chi connectivity index (χ0n) is 10.9. The molecular weight excluding hydrogens is 310 g/mol. The number of nitrogens with one attached hydrogen (secondary N) is 1. The molecule has 7 heteroatoms. The Morgan fingerprint density at radius 1 is 1.33 bits per heavy atom. The minimum Gasteiger partial charge on any atom is -0.389 e. The van der Waals surface area contributed by atoms with Crippen molar-refractivity contribution in [3.05, 3.63) is 63.5 Å². The molecule has 0 saturated carbocycles. The van der Waals surface area contributed by atoms with Gasteiger partial charge in [0, 0.05) is 16.9 Å². The summed E-state index contributed by atoms with van der Waals surface area (Å²) in [5, 5.41) is 3.17. The van der Waals surface area contributed by atoms with Gasteiger partial charge in [0.05, 0.1) is 5.56 Å². The number of aromatic nitrogens is 1. The van der Waals surface area contributed by atoms with E-state index < -0.39 is 5.56 Å². The number of pyridine rings is 1. The van der Waals surface area contributed by atoms with Gasteiger partial charge in [0.1, 0.15) is 11.5 Å². The molecular formula is C14H12ClN3O2S. The molecule has 0 fully saturated rings. The van der Waals surface area contributed by atoms with Gasteiger partial charge in [0.25, 0.3) is 5.56 Å². The highest BCUT2D eigenvalue weighted by molar-refractivity contribution is 7.80. The normalized spacial score (nSPS) is 10.1. The van der Waals surface area contributed by atoms with Gasteiger partial charge in [-0.05, 0) is 30.3 Å². The Kier molecular flexibility index (Phi) is 4.72. The quantitative estimate of drug-likeness (QED) is 0.841. The van der Waals surface area contributed by atoms with Crippen LogP contribution >= 0.6 is 23.8 Å².